The summed E-state index contributed by atoms with van der Waals surface area (Å²) in [6, 6.07) is 17.9. The van der Waals surface area contributed by atoms with Crippen LogP contribution >= 0.6 is 0 Å². The molecular formula is C34H40N6O4. The van der Waals surface area contributed by atoms with Crippen LogP contribution in [-0.4, -0.2) is 64.9 Å². The number of nitrogens with zero attached hydrogens (tertiary/aromatic N) is 4. The van der Waals surface area contributed by atoms with Gasteiger partial charge in [0, 0.05) is 31.1 Å². The van der Waals surface area contributed by atoms with Crippen molar-refractivity contribution in [3.63, 3.8) is 0 Å². The minimum absolute atomic E-state index is 0.00975. The van der Waals surface area contributed by atoms with Crippen LogP contribution < -0.4 is 15.8 Å². The fourth-order valence-electron chi connectivity index (χ4n) is 6.86. The summed E-state index contributed by atoms with van der Waals surface area (Å²) in [5.74, 6) is 0.875. The van der Waals surface area contributed by atoms with Crippen LogP contribution in [0.5, 0.6) is 5.75 Å². The number of hydrogen-bond donors (Lipinski definition) is 2. The predicted molar refractivity (Wildman–Crippen MR) is 170 cm³/mol. The van der Waals surface area contributed by atoms with Crippen LogP contribution in [0.1, 0.15) is 56.6 Å². The molecule has 2 atom stereocenters. The first-order valence-electron chi connectivity index (χ1n) is 15.2. The standard InChI is InChI=1S/C34H40N6O4/c1-21(41)44-34(20-39(2)3)15-12-24(13-16-34)40-28-14-17-36-32(35)30(28)31(38-40)23-10-11-27(29(18-23)43-4)37-33(42)26-19-25(26)22-8-6-5-7-9-22/h5-11,14,17-18,24-26H,12-13,15-16,19-20H2,1-4H3,(H2,35,36)(H,37,42)/t24?,25-,26+,34?/m0/s1. The number of carbonyl (C=O) groups excluding carboxylic acids is 2. The van der Waals surface area contributed by atoms with E-state index < -0.39 is 5.60 Å². The molecule has 0 unspecified atom stereocenters. The molecule has 0 bridgehead atoms. The van der Waals surface area contributed by atoms with Crippen LogP contribution in [0.3, 0.4) is 0 Å². The molecule has 2 fully saturated rings. The molecule has 2 saturated carbocycles. The predicted octanol–water partition coefficient (Wildman–Crippen LogP) is 5.41. The lowest BCUT2D eigenvalue weighted by molar-refractivity contribution is -0.163. The summed E-state index contributed by atoms with van der Waals surface area (Å²) in [7, 11) is 5.59. The largest absolute Gasteiger partial charge is 0.495 e. The van der Waals surface area contributed by atoms with Crippen molar-refractivity contribution in [1.82, 2.24) is 19.7 Å². The van der Waals surface area contributed by atoms with E-state index in [0.717, 1.165) is 48.6 Å². The zero-order chi connectivity index (χ0) is 31.0. The summed E-state index contributed by atoms with van der Waals surface area (Å²) in [6.07, 6.45) is 5.63. The second-order valence-electron chi connectivity index (χ2n) is 12.4. The number of carbonyl (C=O) groups is 2. The Labute approximate surface area is 257 Å². The van der Waals surface area contributed by atoms with Gasteiger partial charge in [0.25, 0.3) is 0 Å². The lowest BCUT2D eigenvalue weighted by Gasteiger charge is -2.41. The number of esters is 1. The summed E-state index contributed by atoms with van der Waals surface area (Å²) < 4.78 is 13.7. The average molecular weight is 597 g/mol. The SMILES string of the molecule is COc1cc(-c2nn(C3CCC(CN(C)C)(OC(C)=O)CC3)c3ccnc(N)c23)ccc1NC(=O)[C@@H]1C[C@H]1c1ccccc1. The summed E-state index contributed by atoms with van der Waals surface area (Å²) >= 11 is 0. The number of ether oxygens (including phenoxy) is 2. The number of nitrogens with two attached hydrogens (primary N) is 1. The Morgan fingerprint density at radius 3 is 2.55 bits per heavy atom. The smallest absolute Gasteiger partial charge is 0.303 e. The fraction of sp³-hybridized carbons (Fsp3) is 0.412. The van der Waals surface area contributed by atoms with E-state index in [1.54, 1.807) is 13.3 Å². The molecule has 0 radical (unpaired) electrons. The molecule has 2 aromatic heterocycles. The molecule has 2 aliphatic carbocycles. The molecule has 4 aromatic rings. The number of amides is 1. The molecule has 6 rings (SSSR count). The second-order valence-corrected chi connectivity index (χ2v) is 12.4. The molecule has 2 heterocycles. The number of nitrogens with one attached hydrogen (secondary N) is 1. The molecule has 10 nitrogen and oxygen atoms in total. The molecule has 2 aliphatic rings. The average Bonchev–Trinajstić information content (AvgIpc) is 3.71. The molecule has 44 heavy (non-hydrogen) atoms. The summed E-state index contributed by atoms with van der Waals surface area (Å²) in [5.41, 5.74) is 10.2. The van der Waals surface area contributed by atoms with Gasteiger partial charge in [0.2, 0.25) is 5.91 Å². The minimum Gasteiger partial charge on any atom is -0.495 e. The van der Waals surface area contributed by atoms with Crippen molar-refractivity contribution in [3.05, 3.63) is 66.4 Å². The number of rotatable bonds is 9. The Bertz CT molecular complexity index is 1680. The van der Waals surface area contributed by atoms with Gasteiger partial charge in [-0.2, -0.15) is 5.10 Å². The fourth-order valence-corrected chi connectivity index (χ4v) is 6.86. The Balaban J connectivity index is 1.25. The van der Waals surface area contributed by atoms with Crippen molar-refractivity contribution >= 4 is 34.3 Å². The lowest BCUT2D eigenvalue weighted by atomic mass is 9.81. The summed E-state index contributed by atoms with van der Waals surface area (Å²) in [4.78, 5) is 31.5. The van der Waals surface area contributed by atoms with Gasteiger partial charge in [0.15, 0.2) is 0 Å². The quantitative estimate of drug-likeness (QED) is 0.246. The topological polar surface area (TPSA) is 125 Å². The third kappa shape index (κ3) is 5.86. The highest BCUT2D eigenvalue weighted by Gasteiger charge is 2.44. The van der Waals surface area contributed by atoms with Crippen LogP contribution in [0.15, 0.2) is 60.8 Å². The number of fused-ring (bicyclic) bond motifs is 1. The van der Waals surface area contributed by atoms with E-state index >= 15 is 0 Å². The van der Waals surface area contributed by atoms with E-state index in [1.807, 2.05) is 56.6 Å². The molecular weight excluding hydrogens is 556 g/mol. The molecule has 10 heteroatoms. The van der Waals surface area contributed by atoms with E-state index in [0.29, 0.717) is 29.5 Å². The van der Waals surface area contributed by atoms with Crippen LogP contribution in [0, 0.1) is 5.92 Å². The van der Waals surface area contributed by atoms with E-state index in [9.17, 15) is 9.59 Å². The van der Waals surface area contributed by atoms with Gasteiger partial charge >= 0.3 is 5.97 Å². The Kier molecular flexibility index (Phi) is 8.02. The van der Waals surface area contributed by atoms with Gasteiger partial charge in [-0.25, -0.2) is 4.98 Å². The molecule has 3 N–H and O–H groups in total. The van der Waals surface area contributed by atoms with Gasteiger partial charge < -0.3 is 25.4 Å². The highest BCUT2D eigenvalue weighted by Crippen LogP contribution is 2.48. The molecule has 0 aliphatic heterocycles. The van der Waals surface area contributed by atoms with Gasteiger partial charge in [0.1, 0.15) is 22.9 Å². The van der Waals surface area contributed by atoms with Gasteiger partial charge in [-0.05, 0) is 75.9 Å². The van der Waals surface area contributed by atoms with Crippen molar-refractivity contribution in [1.29, 1.82) is 0 Å². The van der Waals surface area contributed by atoms with Gasteiger partial charge in [0.05, 0.1) is 29.7 Å². The normalized spacial score (nSPS) is 23.0. The highest BCUT2D eigenvalue weighted by molar-refractivity contribution is 6.01. The van der Waals surface area contributed by atoms with Crippen molar-refractivity contribution < 1.29 is 19.1 Å². The maximum absolute atomic E-state index is 13.1. The molecule has 230 valence electrons. The number of benzene rings is 2. The van der Waals surface area contributed by atoms with E-state index in [2.05, 4.69) is 32.0 Å². The number of likely N-dealkylation sites (N-methyl/N-ethyl adjacent to an activating group) is 1. The third-order valence-corrected chi connectivity index (χ3v) is 8.91. The van der Waals surface area contributed by atoms with E-state index in [1.165, 1.54) is 12.5 Å². The van der Waals surface area contributed by atoms with Crippen LogP contribution in [-0.2, 0) is 14.3 Å². The van der Waals surface area contributed by atoms with Crippen LogP contribution in [0.2, 0.25) is 0 Å². The third-order valence-electron chi connectivity index (χ3n) is 8.91. The second kappa shape index (κ2) is 11.9. The maximum atomic E-state index is 13.1. The van der Waals surface area contributed by atoms with Crippen molar-refractivity contribution in [2.24, 2.45) is 5.92 Å². The number of hydrogen-bond acceptors (Lipinski definition) is 8. The van der Waals surface area contributed by atoms with Gasteiger partial charge in [-0.1, -0.05) is 36.4 Å². The Hall–Kier alpha value is -4.44. The minimum atomic E-state index is -0.507. The molecule has 2 aromatic carbocycles. The monoisotopic (exact) mass is 596 g/mol. The van der Waals surface area contributed by atoms with Crippen LogP contribution in [0.4, 0.5) is 11.5 Å². The maximum Gasteiger partial charge on any atom is 0.303 e. The first kappa shape index (κ1) is 29.6. The highest BCUT2D eigenvalue weighted by atomic mass is 16.6. The zero-order valence-electron chi connectivity index (χ0n) is 25.7. The molecule has 0 saturated heterocycles. The number of anilines is 2. The number of methoxy groups -OCH3 is 1. The van der Waals surface area contributed by atoms with E-state index in [4.69, 9.17) is 20.3 Å². The number of nitrogen functional groups attached to an aromatic ring is 1. The van der Waals surface area contributed by atoms with Crippen molar-refractivity contribution in [2.45, 2.75) is 56.6 Å². The van der Waals surface area contributed by atoms with Crippen molar-refractivity contribution in [2.75, 3.05) is 38.8 Å². The zero-order valence-corrected chi connectivity index (χ0v) is 25.7. The van der Waals surface area contributed by atoms with Crippen molar-refractivity contribution in [3.8, 4) is 17.0 Å². The van der Waals surface area contributed by atoms with Crippen LogP contribution in [0.25, 0.3) is 22.2 Å². The molecule has 1 amide bonds. The van der Waals surface area contributed by atoms with E-state index in [-0.39, 0.29) is 29.8 Å². The summed E-state index contributed by atoms with van der Waals surface area (Å²) in [5, 5.41) is 8.95. The number of pyridine rings is 1. The van der Waals surface area contributed by atoms with Gasteiger partial charge in [-0.3, -0.25) is 14.3 Å². The summed E-state index contributed by atoms with van der Waals surface area (Å²) in [6.45, 7) is 2.16. The Morgan fingerprint density at radius 2 is 1.86 bits per heavy atom. The lowest BCUT2D eigenvalue weighted by Crippen LogP contribution is -2.46. The first-order valence-corrected chi connectivity index (χ1v) is 15.2. The number of aromatic nitrogens is 3. The van der Waals surface area contributed by atoms with Gasteiger partial charge in [-0.15, -0.1) is 0 Å². The molecule has 0 spiro atoms. The first-order chi connectivity index (χ1) is 21.2. The Morgan fingerprint density at radius 1 is 1.11 bits per heavy atom.